The third-order valence-electron chi connectivity index (χ3n) is 3.88. The highest BCUT2D eigenvalue weighted by Gasteiger charge is 2.07. The molecule has 2 aromatic rings. The molecule has 0 spiro atoms. The summed E-state index contributed by atoms with van der Waals surface area (Å²) in [6.45, 7) is 5.05. The first-order valence-electron chi connectivity index (χ1n) is 8.17. The van der Waals surface area contributed by atoms with E-state index in [9.17, 15) is 13.2 Å². The molecule has 1 aromatic carbocycles. The van der Waals surface area contributed by atoms with Crippen molar-refractivity contribution in [3.8, 4) is 0 Å². The molecule has 0 fully saturated rings. The Hall–Kier alpha value is -2.13. The molecule has 0 aliphatic rings. The van der Waals surface area contributed by atoms with Crippen LogP contribution < -0.4 is 15.4 Å². The normalized spacial score (nSPS) is 11.6. The van der Waals surface area contributed by atoms with Gasteiger partial charge in [-0.25, -0.2) is 22.9 Å². The maximum atomic E-state index is 11.6. The van der Waals surface area contributed by atoms with E-state index in [2.05, 4.69) is 45.2 Å². The topological polar surface area (TPSA) is 116 Å². The summed E-state index contributed by atoms with van der Waals surface area (Å²) in [6, 6.07) is 3.79. The minimum absolute atomic E-state index is 0.171. The van der Waals surface area contributed by atoms with Crippen LogP contribution in [0, 0.1) is 13.8 Å². The Morgan fingerprint density at radius 3 is 2.60 bits per heavy atom. The maximum Gasteiger partial charge on any atom is 0.314 e. The second-order valence-electron chi connectivity index (χ2n) is 6.04. The number of aromatic amines is 1. The van der Waals surface area contributed by atoms with Crippen molar-refractivity contribution in [2.75, 3.05) is 25.9 Å². The number of urea groups is 1. The third kappa shape index (κ3) is 6.02. The lowest BCUT2D eigenvalue weighted by molar-refractivity contribution is 0.241. The van der Waals surface area contributed by atoms with Crippen molar-refractivity contribution < 1.29 is 13.2 Å². The number of nitrogens with zero attached hydrogens (tertiary/aromatic N) is 1. The smallest absolute Gasteiger partial charge is 0.314 e. The molecule has 2 rings (SSSR count). The fraction of sp³-hybridized carbons (Fsp3) is 0.500. The highest BCUT2D eigenvalue weighted by Crippen LogP contribution is 2.19. The van der Waals surface area contributed by atoms with E-state index >= 15 is 0 Å². The summed E-state index contributed by atoms with van der Waals surface area (Å²) in [5.74, 6) is 0.906. The summed E-state index contributed by atoms with van der Waals surface area (Å²) in [6.07, 6.45) is 2.57. The zero-order valence-corrected chi connectivity index (χ0v) is 15.6. The van der Waals surface area contributed by atoms with Crippen LogP contribution in [0.2, 0.25) is 0 Å². The van der Waals surface area contributed by atoms with Crippen LogP contribution >= 0.6 is 0 Å². The molecule has 2 amide bonds. The molecule has 0 saturated carbocycles. The van der Waals surface area contributed by atoms with Crippen molar-refractivity contribution in [2.24, 2.45) is 0 Å². The number of nitrogens with one attached hydrogen (secondary N) is 4. The Morgan fingerprint density at radius 2 is 1.88 bits per heavy atom. The SMILES string of the molecule is Cc1ccc2[nH]c(CCCNC(=O)NCCNS(C)(=O)=O)nc2c1C. The first kappa shape index (κ1) is 19.2. The maximum absolute atomic E-state index is 11.6. The summed E-state index contributed by atoms with van der Waals surface area (Å²) >= 11 is 0. The second kappa shape index (κ2) is 8.30. The number of sulfonamides is 1. The highest BCUT2D eigenvalue weighted by atomic mass is 32.2. The van der Waals surface area contributed by atoms with Crippen LogP contribution in [0.3, 0.4) is 0 Å². The van der Waals surface area contributed by atoms with Gasteiger partial charge in [0.25, 0.3) is 0 Å². The van der Waals surface area contributed by atoms with Gasteiger partial charge in [0.2, 0.25) is 10.0 Å². The average Bonchev–Trinajstić information content (AvgIpc) is 2.95. The summed E-state index contributed by atoms with van der Waals surface area (Å²) in [4.78, 5) is 19.5. The van der Waals surface area contributed by atoms with Crippen LogP contribution in [-0.4, -0.2) is 50.3 Å². The molecule has 138 valence electrons. The lowest BCUT2D eigenvalue weighted by Gasteiger charge is -2.07. The Morgan fingerprint density at radius 1 is 1.16 bits per heavy atom. The van der Waals surface area contributed by atoms with Crippen molar-refractivity contribution in [3.05, 3.63) is 29.1 Å². The van der Waals surface area contributed by atoms with Gasteiger partial charge in [0.1, 0.15) is 5.82 Å². The zero-order valence-electron chi connectivity index (χ0n) is 14.8. The van der Waals surface area contributed by atoms with E-state index in [4.69, 9.17) is 0 Å². The van der Waals surface area contributed by atoms with Gasteiger partial charge in [-0.1, -0.05) is 6.07 Å². The van der Waals surface area contributed by atoms with Crippen LogP contribution in [0.1, 0.15) is 23.4 Å². The molecule has 1 heterocycles. The van der Waals surface area contributed by atoms with E-state index in [1.165, 1.54) is 11.1 Å². The van der Waals surface area contributed by atoms with Crippen LogP contribution in [0.4, 0.5) is 4.79 Å². The number of carbonyl (C=O) groups is 1. The number of hydrogen-bond acceptors (Lipinski definition) is 4. The van der Waals surface area contributed by atoms with E-state index in [0.29, 0.717) is 6.54 Å². The standard InChI is InChI=1S/C16H25N5O3S/c1-11-6-7-13-15(12(11)2)21-14(20-13)5-4-8-17-16(22)18-9-10-19-25(3,23)24/h6-7,19H,4-5,8-10H2,1-3H3,(H,20,21)(H2,17,18,22). The molecule has 9 heteroatoms. The van der Waals surface area contributed by atoms with Gasteiger partial charge in [0.15, 0.2) is 0 Å². The molecule has 0 saturated heterocycles. The summed E-state index contributed by atoms with van der Waals surface area (Å²) < 4.78 is 24.1. The number of hydrogen-bond donors (Lipinski definition) is 4. The van der Waals surface area contributed by atoms with Crippen molar-refractivity contribution >= 4 is 27.1 Å². The Labute approximate surface area is 147 Å². The molecule has 0 aliphatic carbocycles. The Kier molecular flexibility index (Phi) is 6.38. The molecule has 0 aliphatic heterocycles. The van der Waals surface area contributed by atoms with Gasteiger partial charge in [0, 0.05) is 26.1 Å². The van der Waals surface area contributed by atoms with E-state index in [1.54, 1.807) is 0 Å². The first-order valence-corrected chi connectivity index (χ1v) is 10.1. The summed E-state index contributed by atoms with van der Waals surface area (Å²) in [5.41, 5.74) is 4.43. The van der Waals surface area contributed by atoms with Crippen LogP contribution in [0.25, 0.3) is 11.0 Å². The first-order chi connectivity index (χ1) is 11.8. The van der Waals surface area contributed by atoms with E-state index in [-0.39, 0.29) is 19.1 Å². The molecule has 1 aromatic heterocycles. The largest absolute Gasteiger partial charge is 0.342 e. The third-order valence-corrected chi connectivity index (χ3v) is 4.61. The highest BCUT2D eigenvalue weighted by molar-refractivity contribution is 7.88. The summed E-state index contributed by atoms with van der Waals surface area (Å²) in [5, 5.41) is 5.32. The quantitative estimate of drug-likeness (QED) is 0.520. The molecule has 0 radical (unpaired) electrons. The molecular weight excluding hydrogens is 342 g/mol. The van der Waals surface area contributed by atoms with Gasteiger partial charge in [-0.05, 0) is 37.5 Å². The molecule has 0 atom stereocenters. The number of carbonyl (C=O) groups excluding carboxylic acids is 1. The minimum Gasteiger partial charge on any atom is -0.342 e. The second-order valence-corrected chi connectivity index (χ2v) is 7.87. The average molecular weight is 367 g/mol. The Balaban J connectivity index is 1.69. The van der Waals surface area contributed by atoms with Crippen LogP contribution in [-0.2, 0) is 16.4 Å². The predicted molar refractivity (Wildman–Crippen MR) is 98.1 cm³/mol. The lowest BCUT2D eigenvalue weighted by atomic mass is 10.1. The number of benzene rings is 1. The van der Waals surface area contributed by atoms with E-state index in [1.807, 2.05) is 6.07 Å². The predicted octanol–water partition coefficient (Wildman–Crippen LogP) is 0.961. The molecule has 8 nitrogen and oxygen atoms in total. The lowest BCUT2D eigenvalue weighted by Crippen LogP contribution is -2.40. The zero-order chi connectivity index (χ0) is 18.4. The number of imidazole rings is 1. The molecule has 4 N–H and O–H groups in total. The minimum atomic E-state index is -3.22. The molecule has 0 unspecified atom stereocenters. The van der Waals surface area contributed by atoms with Gasteiger partial charge < -0.3 is 15.6 Å². The van der Waals surface area contributed by atoms with Crippen LogP contribution in [0.5, 0.6) is 0 Å². The van der Waals surface area contributed by atoms with Gasteiger partial charge in [-0.2, -0.15) is 0 Å². The van der Waals surface area contributed by atoms with Crippen molar-refractivity contribution in [3.63, 3.8) is 0 Å². The monoisotopic (exact) mass is 367 g/mol. The van der Waals surface area contributed by atoms with Crippen molar-refractivity contribution in [1.82, 2.24) is 25.3 Å². The molecule has 25 heavy (non-hydrogen) atoms. The molecular formula is C16H25N5O3S. The number of H-pyrrole nitrogens is 1. The number of aryl methyl sites for hydroxylation is 3. The van der Waals surface area contributed by atoms with Crippen LogP contribution in [0.15, 0.2) is 12.1 Å². The number of fused-ring (bicyclic) bond motifs is 1. The van der Waals surface area contributed by atoms with Crippen molar-refractivity contribution in [1.29, 1.82) is 0 Å². The fourth-order valence-corrected chi connectivity index (χ4v) is 2.89. The van der Waals surface area contributed by atoms with E-state index in [0.717, 1.165) is 36.0 Å². The van der Waals surface area contributed by atoms with Gasteiger partial charge >= 0.3 is 6.03 Å². The van der Waals surface area contributed by atoms with Gasteiger partial charge in [-0.15, -0.1) is 0 Å². The summed E-state index contributed by atoms with van der Waals surface area (Å²) in [7, 11) is -3.22. The van der Waals surface area contributed by atoms with Gasteiger partial charge in [-0.3, -0.25) is 0 Å². The molecule has 0 bridgehead atoms. The number of amides is 2. The number of rotatable bonds is 8. The fourth-order valence-electron chi connectivity index (χ4n) is 2.42. The van der Waals surface area contributed by atoms with E-state index < -0.39 is 10.0 Å². The van der Waals surface area contributed by atoms with Crippen molar-refractivity contribution in [2.45, 2.75) is 26.7 Å². The Bertz CT molecular complexity index is 845. The van der Waals surface area contributed by atoms with Gasteiger partial charge in [0.05, 0.1) is 17.3 Å². The number of aromatic nitrogens is 2.